The molecule has 0 bridgehead atoms. The minimum Gasteiger partial charge on any atom is -0.380 e. The molecule has 108 valence electrons. The Balaban J connectivity index is 1.68. The summed E-state index contributed by atoms with van der Waals surface area (Å²) in [6.45, 7) is 0.642. The van der Waals surface area contributed by atoms with Crippen LogP contribution < -0.4 is 16.4 Å². The van der Waals surface area contributed by atoms with Gasteiger partial charge in [-0.05, 0) is 36.2 Å². The first-order valence-electron chi connectivity index (χ1n) is 6.66. The molecule has 1 aromatic heterocycles. The SMILES string of the molecule is NC(=O)c1csc(CNc2ccc3c(c2)CCC(=O)N3)c1. The zero-order valence-electron chi connectivity index (χ0n) is 11.3. The van der Waals surface area contributed by atoms with E-state index in [0.717, 1.165) is 28.2 Å². The lowest BCUT2D eigenvalue weighted by molar-refractivity contribution is -0.116. The molecule has 2 amide bonds. The zero-order valence-corrected chi connectivity index (χ0v) is 12.1. The minimum absolute atomic E-state index is 0.0702. The Bertz CT molecular complexity index is 709. The summed E-state index contributed by atoms with van der Waals surface area (Å²) >= 11 is 1.51. The maximum absolute atomic E-state index is 11.3. The van der Waals surface area contributed by atoms with Crippen molar-refractivity contribution >= 4 is 34.5 Å². The molecular formula is C15H15N3O2S. The number of thiophene rings is 1. The number of primary amides is 1. The van der Waals surface area contributed by atoms with E-state index < -0.39 is 5.91 Å². The maximum Gasteiger partial charge on any atom is 0.249 e. The van der Waals surface area contributed by atoms with Crippen molar-refractivity contribution in [2.75, 3.05) is 10.6 Å². The van der Waals surface area contributed by atoms with Crippen molar-refractivity contribution in [1.82, 2.24) is 0 Å². The highest BCUT2D eigenvalue weighted by atomic mass is 32.1. The number of fused-ring (bicyclic) bond motifs is 1. The number of nitrogens with two attached hydrogens (primary N) is 1. The van der Waals surface area contributed by atoms with Gasteiger partial charge in [0, 0.05) is 34.6 Å². The van der Waals surface area contributed by atoms with Crippen molar-refractivity contribution < 1.29 is 9.59 Å². The van der Waals surface area contributed by atoms with E-state index in [1.54, 1.807) is 11.4 Å². The first kappa shape index (κ1) is 13.6. The van der Waals surface area contributed by atoms with Crippen LogP contribution in [0.2, 0.25) is 0 Å². The molecule has 1 aromatic carbocycles. The average Bonchev–Trinajstić information content (AvgIpc) is 2.94. The summed E-state index contributed by atoms with van der Waals surface area (Å²) in [7, 11) is 0. The second-order valence-corrected chi connectivity index (χ2v) is 5.94. The number of aryl methyl sites for hydroxylation is 1. The van der Waals surface area contributed by atoms with Gasteiger partial charge in [-0.3, -0.25) is 9.59 Å². The molecule has 2 aromatic rings. The van der Waals surface area contributed by atoms with Gasteiger partial charge in [-0.25, -0.2) is 0 Å². The topological polar surface area (TPSA) is 84.2 Å². The van der Waals surface area contributed by atoms with Gasteiger partial charge in [0.15, 0.2) is 0 Å². The molecule has 0 saturated carbocycles. The number of nitrogens with one attached hydrogen (secondary N) is 2. The smallest absolute Gasteiger partial charge is 0.249 e. The van der Waals surface area contributed by atoms with Gasteiger partial charge in [0.2, 0.25) is 11.8 Å². The number of benzene rings is 1. The summed E-state index contributed by atoms with van der Waals surface area (Å²) < 4.78 is 0. The quantitative estimate of drug-likeness (QED) is 0.810. The van der Waals surface area contributed by atoms with Gasteiger partial charge in [0.25, 0.3) is 0 Å². The normalized spacial score (nSPS) is 13.4. The molecule has 6 heteroatoms. The van der Waals surface area contributed by atoms with Crippen LogP contribution in [0.1, 0.15) is 27.2 Å². The van der Waals surface area contributed by atoms with Crippen molar-refractivity contribution in [2.24, 2.45) is 5.73 Å². The Kier molecular flexibility index (Phi) is 3.62. The van der Waals surface area contributed by atoms with Crippen LogP contribution in [0.4, 0.5) is 11.4 Å². The number of amides is 2. The van der Waals surface area contributed by atoms with E-state index in [1.165, 1.54) is 11.3 Å². The van der Waals surface area contributed by atoms with Gasteiger partial charge in [-0.15, -0.1) is 11.3 Å². The molecule has 1 aliphatic rings. The monoisotopic (exact) mass is 301 g/mol. The first-order valence-corrected chi connectivity index (χ1v) is 7.53. The summed E-state index contributed by atoms with van der Waals surface area (Å²) in [5.74, 6) is -0.331. The van der Waals surface area contributed by atoms with Crippen molar-refractivity contribution in [2.45, 2.75) is 19.4 Å². The van der Waals surface area contributed by atoms with Crippen LogP contribution in [0, 0.1) is 0 Å². The Hall–Kier alpha value is -2.34. The Morgan fingerprint density at radius 3 is 2.95 bits per heavy atom. The lowest BCUT2D eigenvalue weighted by Gasteiger charge is -2.17. The highest BCUT2D eigenvalue weighted by Crippen LogP contribution is 2.26. The second-order valence-electron chi connectivity index (χ2n) is 4.94. The van der Waals surface area contributed by atoms with E-state index in [-0.39, 0.29) is 5.91 Å². The van der Waals surface area contributed by atoms with Crippen molar-refractivity contribution in [3.8, 4) is 0 Å². The average molecular weight is 301 g/mol. The molecule has 0 radical (unpaired) electrons. The van der Waals surface area contributed by atoms with Gasteiger partial charge in [-0.2, -0.15) is 0 Å². The standard InChI is InChI=1S/C15H15N3O2S/c16-15(20)10-6-12(21-8-10)7-17-11-2-3-13-9(5-11)1-4-14(19)18-13/h2-3,5-6,8,17H,1,4,7H2,(H2,16,20)(H,18,19). The molecule has 5 nitrogen and oxygen atoms in total. The van der Waals surface area contributed by atoms with E-state index in [1.807, 2.05) is 12.1 Å². The molecule has 3 rings (SSSR count). The predicted octanol–water partition coefficient (Wildman–Crippen LogP) is 2.34. The molecule has 0 unspecified atom stereocenters. The zero-order chi connectivity index (χ0) is 14.8. The molecule has 2 heterocycles. The van der Waals surface area contributed by atoms with Gasteiger partial charge in [0.1, 0.15) is 0 Å². The number of hydrogen-bond acceptors (Lipinski definition) is 4. The van der Waals surface area contributed by atoms with Gasteiger partial charge in [-0.1, -0.05) is 0 Å². The fraction of sp³-hybridized carbons (Fsp3) is 0.200. The number of carbonyl (C=O) groups excluding carboxylic acids is 2. The number of carbonyl (C=O) groups is 2. The highest BCUT2D eigenvalue weighted by molar-refractivity contribution is 7.10. The van der Waals surface area contributed by atoms with Crippen LogP contribution >= 0.6 is 11.3 Å². The summed E-state index contributed by atoms with van der Waals surface area (Å²) in [5.41, 5.74) is 8.81. The lowest BCUT2D eigenvalue weighted by Crippen LogP contribution is -2.18. The molecule has 4 N–H and O–H groups in total. The molecule has 0 saturated heterocycles. The van der Waals surface area contributed by atoms with Crippen LogP contribution in [0.5, 0.6) is 0 Å². The third-order valence-electron chi connectivity index (χ3n) is 3.41. The van der Waals surface area contributed by atoms with Crippen LogP contribution in [0.25, 0.3) is 0 Å². The third kappa shape index (κ3) is 3.05. The highest BCUT2D eigenvalue weighted by Gasteiger charge is 2.14. The summed E-state index contributed by atoms with van der Waals surface area (Å²) in [5, 5.41) is 7.95. The van der Waals surface area contributed by atoms with Gasteiger partial charge < -0.3 is 16.4 Å². The number of anilines is 2. The Morgan fingerprint density at radius 1 is 1.33 bits per heavy atom. The van der Waals surface area contributed by atoms with Crippen LogP contribution in [0.3, 0.4) is 0 Å². The third-order valence-corrected chi connectivity index (χ3v) is 4.34. The fourth-order valence-corrected chi connectivity index (χ4v) is 3.10. The lowest BCUT2D eigenvalue weighted by atomic mass is 10.0. The van der Waals surface area contributed by atoms with Crippen molar-refractivity contribution in [3.05, 3.63) is 45.6 Å². The Morgan fingerprint density at radius 2 is 2.19 bits per heavy atom. The van der Waals surface area contributed by atoms with Crippen LogP contribution in [-0.2, 0) is 17.8 Å². The van der Waals surface area contributed by atoms with E-state index >= 15 is 0 Å². The largest absolute Gasteiger partial charge is 0.380 e. The molecule has 21 heavy (non-hydrogen) atoms. The first-order chi connectivity index (χ1) is 10.1. The number of rotatable bonds is 4. The number of hydrogen-bond donors (Lipinski definition) is 3. The maximum atomic E-state index is 11.3. The minimum atomic E-state index is -0.401. The van der Waals surface area contributed by atoms with Crippen LogP contribution in [0.15, 0.2) is 29.6 Å². The summed E-state index contributed by atoms with van der Waals surface area (Å²) in [6.07, 6.45) is 1.30. The van der Waals surface area contributed by atoms with Crippen molar-refractivity contribution in [1.29, 1.82) is 0 Å². The molecule has 0 spiro atoms. The summed E-state index contributed by atoms with van der Waals surface area (Å²) in [4.78, 5) is 23.4. The van der Waals surface area contributed by atoms with E-state index in [4.69, 9.17) is 5.73 Å². The molecule has 0 aliphatic carbocycles. The fourth-order valence-electron chi connectivity index (χ4n) is 2.29. The van der Waals surface area contributed by atoms with E-state index in [9.17, 15) is 9.59 Å². The second kappa shape index (κ2) is 5.57. The van der Waals surface area contributed by atoms with Crippen molar-refractivity contribution in [3.63, 3.8) is 0 Å². The predicted molar refractivity (Wildman–Crippen MR) is 83.6 cm³/mol. The van der Waals surface area contributed by atoms with Gasteiger partial charge >= 0.3 is 0 Å². The molecule has 0 fully saturated rings. The summed E-state index contributed by atoms with van der Waals surface area (Å²) in [6, 6.07) is 7.71. The van der Waals surface area contributed by atoms with E-state index in [2.05, 4.69) is 16.7 Å². The van der Waals surface area contributed by atoms with Crippen LogP contribution in [-0.4, -0.2) is 11.8 Å². The van der Waals surface area contributed by atoms with E-state index in [0.29, 0.717) is 18.5 Å². The van der Waals surface area contributed by atoms with Gasteiger partial charge in [0.05, 0.1) is 5.56 Å². The Labute approximate surface area is 126 Å². The molecule has 0 atom stereocenters. The molecular weight excluding hydrogens is 286 g/mol. The molecule has 1 aliphatic heterocycles.